The van der Waals surface area contributed by atoms with Gasteiger partial charge >= 0.3 is 0 Å². The van der Waals surface area contributed by atoms with E-state index in [1.54, 1.807) is 12.1 Å². The maximum atomic E-state index is 14.4. The maximum absolute atomic E-state index is 14.4. The first-order chi connectivity index (χ1) is 13.7. The Bertz CT molecular complexity index is 602. The molecule has 3 nitrogen and oxygen atoms in total. The number of rotatable bonds is 9. The molecule has 0 amide bonds. The van der Waals surface area contributed by atoms with Crippen LogP contribution in [-0.2, 0) is 20.8 Å². The Balaban J connectivity index is 1.45. The van der Waals surface area contributed by atoms with Gasteiger partial charge < -0.3 is 14.2 Å². The minimum Gasteiger partial charge on any atom is -0.373 e. The van der Waals surface area contributed by atoms with E-state index in [4.69, 9.17) is 14.2 Å². The van der Waals surface area contributed by atoms with Crippen molar-refractivity contribution in [1.82, 2.24) is 0 Å². The summed E-state index contributed by atoms with van der Waals surface area (Å²) in [4.78, 5) is 0. The summed E-state index contributed by atoms with van der Waals surface area (Å²) >= 11 is 0. The first-order valence-corrected chi connectivity index (χ1v) is 10.9. The number of benzene rings is 1. The van der Waals surface area contributed by atoms with E-state index in [0.29, 0.717) is 36.5 Å². The van der Waals surface area contributed by atoms with E-state index in [0.717, 1.165) is 44.5 Å². The quantitative estimate of drug-likeness (QED) is 0.383. The molecule has 156 valence electrons. The highest BCUT2D eigenvalue weighted by molar-refractivity contribution is 5.27. The Morgan fingerprint density at radius 3 is 2.57 bits per heavy atom. The fraction of sp³-hybridized carbons (Fsp3) is 0.667. The fourth-order valence-corrected chi connectivity index (χ4v) is 4.40. The van der Waals surface area contributed by atoms with E-state index in [2.05, 4.69) is 19.6 Å². The van der Waals surface area contributed by atoms with Crippen molar-refractivity contribution in [1.29, 1.82) is 0 Å². The van der Waals surface area contributed by atoms with Gasteiger partial charge in [0.25, 0.3) is 0 Å². The van der Waals surface area contributed by atoms with Crippen LogP contribution >= 0.6 is 0 Å². The third-order valence-electron chi connectivity index (χ3n) is 6.16. The number of halogens is 1. The molecule has 0 N–H and O–H groups in total. The Morgan fingerprint density at radius 2 is 1.93 bits per heavy atom. The van der Waals surface area contributed by atoms with Crippen molar-refractivity contribution < 1.29 is 18.6 Å². The predicted octanol–water partition coefficient (Wildman–Crippen LogP) is 5.98. The predicted molar refractivity (Wildman–Crippen MR) is 110 cm³/mol. The van der Waals surface area contributed by atoms with Crippen molar-refractivity contribution in [2.24, 2.45) is 11.8 Å². The molecule has 1 aromatic carbocycles. The highest BCUT2D eigenvalue weighted by Crippen LogP contribution is 2.39. The van der Waals surface area contributed by atoms with Gasteiger partial charge in [0.05, 0.1) is 26.4 Å². The van der Waals surface area contributed by atoms with Crippen LogP contribution in [0, 0.1) is 17.7 Å². The molecule has 0 atom stereocenters. The molecular formula is C24H35FO3. The van der Waals surface area contributed by atoms with Crippen molar-refractivity contribution in [3.05, 3.63) is 47.8 Å². The molecule has 1 aliphatic heterocycles. The van der Waals surface area contributed by atoms with Gasteiger partial charge in [-0.3, -0.25) is 0 Å². The van der Waals surface area contributed by atoms with E-state index in [-0.39, 0.29) is 12.1 Å². The molecule has 0 radical (unpaired) electrons. The SMILES string of the molecule is C=CCOCc1ccc(C2CCC(C3OCC(CCCC)CO3)CC2)cc1F. The van der Waals surface area contributed by atoms with Gasteiger partial charge in [0, 0.05) is 17.4 Å². The molecule has 28 heavy (non-hydrogen) atoms. The Morgan fingerprint density at radius 1 is 1.18 bits per heavy atom. The molecule has 1 aliphatic carbocycles. The highest BCUT2D eigenvalue weighted by Gasteiger charge is 2.32. The average Bonchev–Trinajstić information content (AvgIpc) is 2.74. The molecule has 0 unspecified atom stereocenters. The minimum atomic E-state index is -0.166. The molecule has 2 aliphatic rings. The molecular weight excluding hydrogens is 355 g/mol. The normalized spacial score (nSPS) is 28.2. The van der Waals surface area contributed by atoms with Crippen LogP contribution in [0.15, 0.2) is 30.9 Å². The topological polar surface area (TPSA) is 27.7 Å². The standard InChI is InChI=1S/C24H35FO3/c1-3-5-6-18-15-27-24(28-16-18)20-9-7-19(8-10-20)21-11-12-22(23(25)14-21)17-26-13-4-2/h4,11-12,14,18-20,24H,2-3,5-10,13,15-17H2,1H3. The summed E-state index contributed by atoms with van der Waals surface area (Å²) in [6.07, 6.45) is 9.63. The van der Waals surface area contributed by atoms with Gasteiger partial charge in [-0.25, -0.2) is 4.39 Å². The smallest absolute Gasteiger partial charge is 0.160 e. The number of hydrogen-bond donors (Lipinski definition) is 0. The fourth-order valence-electron chi connectivity index (χ4n) is 4.40. The van der Waals surface area contributed by atoms with E-state index in [9.17, 15) is 4.39 Å². The summed E-state index contributed by atoms with van der Waals surface area (Å²) in [5.74, 6) is 1.29. The minimum absolute atomic E-state index is 0.0417. The molecule has 1 saturated carbocycles. The largest absolute Gasteiger partial charge is 0.373 e. The second-order valence-corrected chi connectivity index (χ2v) is 8.31. The third kappa shape index (κ3) is 5.88. The van der Waals surface area contributed by atoms with Crippen LogP contribution in [-0.4, -0.2) is 26.1 Å². The zero-order valence-corrected chi connectivity index (χ0v) is 17.2. The summed E-state index contributed by atoms with van der Waals surface area (Å²) in [6, 6.07) is 5.62. The Hall–Kier alpha value is -1.23. The van der Waals surface area contributed by atoms with Crippen molar-refractivity contribution >= 4 is 0 Å². The van der Waals surface area contributed by atoms with Crippen LogP contribution in [0.4, 0.5) is 4.39 Å². The van der Waals surface area contributed by atoms with Crippen LogP contribution in [0.1, 0.15) is 68.9 Å². The van der Waals surface area contributed by atoms with Gasteiger partial charge in [0.1, 0.15) is 5.82 Å². The lowest BCUT2D eigenvalue weighted by Crippen LogP contribution is -2.38. The highest BCUT2D eigenvalue weighted by atomic mass is 19.1. The summed E-state index contributed by atoms with van der Waals surface area (Å²) in [6.45, 7) is 8.24. The lowest BCUT2D eigenvalue weighted by molar-refractivity contribution is -0.229. The first-order valence-electron chi connectivity index (χ1n) is 10.9. The van der Waals surface area contributed by atoms with Gasteiger partial charge in [-0.05, 0) is 49.7 Å². The Kier molecular flexibility index (Phi) is 8.50. The van der Waals surface area contributed by atoms with Gasteiger partial charge in [0.15, 0.2) is 6.29 Å². The molecule has 1 aromatic rings. The third-order valence-corrected chi connectivity index (χ3v) is 6.16. The molecule has 1 heterocycles. The van der Waals surface area contributed by atoms with Gasteiger partial charge in [0.2, 0.25) is 0 Å². The van der Waals surface area contributed by atoms with Crippen LogP contribution in [0.3, 0.4) is 0 Å². The zero-order valence-electron chi connectivity index (χ0n) is 17.2. The van der Waals surface area contributed by atoms with Crippen molar-refractivity contribution in [2.45, 2.75) is 70.7 Å². The van der Waals surface area contributed by atoms with Gasteiger partial charge in [-0.1, -0.05) is 38.0 Å². The van der Waals surface area contributed by atoms with Crippen molar-refractivity contribution in [2.75, 3.05) is 19.8 Å². The number of unbranched alkanes of at least 4 members (excludes halogenated alkanes) is 1. The van der Waals surface area contributed by atoms with E-state index < -0.39 is 0 Å². The van der Waals surface area contributed by atoms with E-state index in [1.807, 2.05) is 6.07 Å². The summed E-state index contributed by atoms with van der Waals surface area (Å²) < 4.78 is 31.8. The second kappa shape index (κ2) is 11.1. The van der Waals surface area contributed by atoms with Gasteiger partial charge in [-0.15, -0.1) is 6.58 Å². The lowest BCUT2D eigenvalue weighted by Gasteiger charge is -2.37. The number of hydrogen-bond acceptors (Lipinski definition) is 3. The number of ether oxygens (including phenoxy) is 3. The van der Waals surface area contributed by atoms with Crippen LogP contribution < -0.4 is 0 Å². The molecule has 4 heteroatoms. The van der Waals surface area contributed by atoms with Crippen molar-refractivity contribution in [3.8, 4) is 0 Å². The van der Waals surface area contributed by atoms with Crippen LogP contribution in [0.2, 0.25) is 0 Å². The van der Waals surface area contributed by atoms with E-state index in [1.165, 1.54) is 19.3 Å². The summed E-state index contributed by atoms with van der Waals surface area (Å²) in [5.41, 5.74) is 1.72. The zero-order chi connectivity index (χ0) is 19.8. The first kappa shape index (κ1) is 21.5. The molecule has 0 spiro atoms. The molecule has 1 saturated heterocycles. The average molecular weight is 391 g/mol. The van der Waals surface area contributed by atoms with Crippen LogP contribution in [0.25, 0.3) is 0 Å². The van der Waals surface area contributed by atoms with Crippen molar-refractivity contribution in [3.63, 3.8) is 0 Å². The Labute approximate surface area is 169 Å². The molecule has 3 rings (SSSR count). The molecule has 0 bridgehead atoms. The van der Waals surface area contributed by atoms with E-state index >= 15 is 0 Å². The van der Waals surface area contributed by atoms with Crippen LogP contribution in [0.5, 0.6) is 0 Å². The maximum Gasteiger partial charge on any atom is 0.160 e. The molecule has 0 aromatic heterocycles. The second-order valence-electron chi connectivity index (χ2n) is 8.31. The lowest BCUT2D eigenvalue weighted by atomic mass is 9.78. The summed E-state index contributed by atoms with van der Waals surface area (Å²) in [5, 5.41) is 0. The molecule has 2 fully saturated rings. The monoisotopic (exact) mass is 390 g/mol. The summed E-state index contributed by atoms with van der Waals surface area (Å²) in [7, 11) is 0. The van der Waals surface area contributed by atoms with Gasteiger partial charge in [-0.2, -0.15) is 0 Å².